The van der Waals surface area contributed by atoms with Crippen molar-refractivity contribution in [2.75, 3.05) is 6.54 Å². The quantitative estimate of drug-likeness (QED) is 0.370. The number of carboxylic acids is 1. The maximum Gasteiger partial charge on any atom is 0.339 e. The number of aromatic carboxylic acids is 1. The molecule has 0 saturated carbocycles. The molecule has 0 radical (unpaired) electrons. The Hall–Kier alpha value is -3.74. The molecule has 1 heterocycles. The number of nitrogens with two attached hydrogens (primary N) is 1. The molecule has 7 nitrogen and oxygen atoms in total. The lowest BCUT2D eigenvalue weighted by atomic mass is 10.0. The summed E-state index contributed by atoms with van der Waals surface area (Å²) in [5, 5.41) is 23.1. The fourth-order valence-corrected chi connectivity index (χ4v) is 3.26. The van der Waals surface area contributed by atoms with E-state index in [0.717, 1.165) is 17.5 Å². The molecule has 3 rings (SSSR count). The Morgan fingerprint density at radius 1 is 1.25 bits per heavy atom. The molecule has 0 amide bonds. The zero-order valence-electron chi connectivity index (χ0n) is 15.3. The van der Waals surface area contributed by atoms with E-state index in [1.54, 1.807) is 6.20 Å². The number of carbonyl (C=O) groups excluding carboxylic acids is 1. The van der Waals surface area contributed by atoms with Crippen LogP contribution in [0.3, 0.4) is 0 Å². The highest BCUT2D eigenvalue weighted by atomic mass is 16.4. The van der Waals surface area contributed by atoms with Crippen LogP contribution in [-0.2, 0) is 11.8 Å². The number of hydrogen-bond acceptors (Lipinski definition) is 5. The third-order valence-corrected chi connectivity index (χ3v) is 4.55. The van der Waals surface area contributed by atoms with Gasteiger partial charge in [0.1, 0.15) is 17.6 Å². The number of aromatic hydroxyl groups is 1. The lowest BCUT2D eigenvalue weighted by Crippen LogP contribution is -2.11. The SMILES string of the molecule is Cn1c(-c2ccccc2)c(/C(N)=C/NCCC=O)c2cc(C(=O)O)c(O)cc21. The molecule has 0 aliphatic heterocycles. The zero-order chi connectivity index (χ0) is 20.3. The van der Waals surface area contributed by atoms with Crippen LogP contribution in [-0.4, -0.2) is 33.6 Å². The normalized spacial score (nSPS) is 11.5. The molecular formula is C21H21N3O4. The lowest BCUT2D eigenvalue weighted by molar-refractivity contribution is -0.107. The van der Waals surface area contributed by atoms with Crippen molar-refractivity contribution in [1.29, 1.82) is 0 Å². The molecule has 0 bridgehead atoms. The third-order valence-electron chi connectivity index (χ3n) is 4.55. The lowest BCUT2D eigenvalue weighted by Gasteiger charge is -2.09. The number of nitrogens with zero attached hydrogens (tertiary/aromatic N) is 1. The van der Waals surface area contributed by atoms with E-state index in [1.165, 1.54) is 12.1 Å². The fraction of sp³-hybridized carbons (Fsp3) is 0.143. The molecular weight excluding hydrogens is 358 g/mol. The van der Waals surface area contributed by atoms with Crippen LogP contribution in [0.4, 0.5) is 0 Å². The van der Waals surface area contributed by atoms with Crippen LogP contribution in [0.1, 0.15) is 22.3 Å². The van der Waals surface area contributed by atoms with Gasteiger partial charge in [-0.25, -0.2) is 4.79 Å². The van der Waals surface area contributed by atoms with Crippen molar-refractivity contribution in [1.82, 2.24) is 9.88 Å². The average Bonchev–Trinajstić information content (AvgIpc) is 2.97. The van der Waals surface area contributed by atoms with Gasteiger partial charge in [-0.1, -0.05) is 30.3 Å². The highest BCUT2D eigenvalue weighted by Crippen LogP contribution is 2.38. The predicted octanol–water partition coefficient (Wildman–Crippen LogP) is 2.68. The number of fused-ring (bicyclic) bond motifs is 1. The molecule has 0 aliphatic rings. The number of carbonyl (C=O) groups is 2. The Labute approximate surface area is 161 Å². The first kappa shape index (κ1) is 19.0. The molecule has 0 atom stereocenters. The fourth-order valence-electron chi connectivity index (χ4n) is 3.26. The van der Waals surface area contributed by atoms with Crippen molar-refractivity contribution in [2.24, 2.45) is 12.8 Å². The van der Waals surface area contributed by atoms with Gasteiger partial charge in [0.15, 0.2) is 0 Å². The second kappa shape index (κ2) is 7.87. The van der Waals surface area contributed by atoms with E-state index < -0.39 is 5.97 Å². The van der Waals surface area contributed by atoms with Crippen LogP contribution >= 0.6 is 0 Å². The van der Waals surface area contributed by atoms with Gasteiger partial charge in [0.25, 0.3) is 0 Å². The number of nitrogens with one attached hydrogen (secondary N) is 1. The van der Waals surface area contributed by atoms with Gasteiger partial charge >= 0.3 is 5.97 Å². The van der Waals surface area contributed by atoms with Gasteiger partial charge in [0.2, 0.25) is 0 Å². The Morgan fingerprint density at radius 3 is 2.61 bits per heavy atom. The summed E-state index contributed by atoms with van der Waals surface area (Å²) in [6.45, 7) is 0.441. The maximum atomic E-state index is 11.5. The van der Waals surface area contributed by atoms with Gasteiger partial charge < -0.3 is 30.6 Å². The van der Waals surface area contributed by atoms with E-state index >= 15 is 0 Å². The van der Waals surface area contributed by atoms with Gasteiger partial charge in [0, 0.05) is 43.2 Å². The monoisotopic (exact) mass is 379 g/mol. The summed E-state index contributed by atoms with van der Waals surface area (Å²) in [6.07, 6.45) is 2.77. The van der Waals surface area contributed by atoms with E-state index in [4.69, 9.17) is 5.73 Å². The molecule has 0 unspecified atom stereocenters. The molecule has 5 N–H and O–H groups in total. The van der Waals surface area contributed by atoms with E-state index in [-0.39, 0.29) is 11.3 Å². The van der Waals surface area contributed by atoms with Crippen LogP contribution < -0.4 is 11.1 Å². The highest BCUT2D eigenvalue weighted by molar-refractivity contribution is 6.05. The van der Waals surface area contributed by atoms with E-state index in [0.29, 0.717) is 35.1 Å². The van der Waals surface area contributed by atoms with Crippen LogP contribution in [0.25, 0.3) is 27.9 Å². The summed E-state index contributed by atoms with van der Waals surface area (Å²) in [5.74, 6) is -1.53. The standard InChI is InChI=1S/C21H21N3O4/c1-24-17-11-18(26)15(21(27)28)10-14(17)19(16(22)12-23-8-5-9-25)20(24)13-6-3-2-4-7-13/h2-4,6-7,9-12,23,26H,5,8,22H2,1H3,(H,27,28)/b16-12-. The highest BCUT2D eigenvalue weighted by Gasteiger charge is 2.22. The molecule has 144 valence electrons. The van der Waals surface area contributed by atoms with E-state index in [1.807, 2.05) is 41.9 Å². The number of aryl methyl sites for hydroxylation is 1. The zero-order valence-corrected chi connectivity index (χ0v) is 15.3. The first-order valence-electron chi connectivity index (χ1n) is 8.72. The maximum absolute atomic E-state index is 11.5. The molecule has 28 heavy (non-hydrogen) atoms. The van der Waals surface area contributed by atoms with Crippen molar-refractivity contribution in [3.8, 4) is 17.0 Å². The van der Waals surface area contributed by atoms with Crippen LogP contribution in [0, 0.1) is 0 Å². The molecule has 0 aliphatic carbocycles. The predicted molar refractivity (Wildman–Crippen MR) is 108 cm³/mol. The van der Waals surface area contributed by atoms with E-state index in [9.17, 15) is 19.8 Å². The molecule has 7 heteroatoms. The van der Waals surface area contributed by atoms with Gasteiger partial charge in [-0.3, -0.25) is 0 Å². The number of rotatable bonds is 7. The third kappa shape index (κ3) is 3.42. The minimum absolute atomic E-state index is 0.194. The van der Waals surface area contributed by atoms with E-state index in [2.05, 4.69) is 5.32 Å². The summed E-state index contributed by atoms with van der Waals surface area (Å²) < 4.78 is 1.87. The Bertz CT molecular complexity index is 1070. The molecule has 1 aromatic heterocycles. The number of aldehydes is 1. The number of aromatic nitrogens is 1. The second-order valence-electron chi connectivity index (χ2n) is 6.35. The average molecular weight is 379 g/mol. The minimum Gasteiger partial charge on any atom is -0.507 e. The second-order valence-corrected chi connectivity index (χ2v) is 6.35. The van der Waals surface area contributed by atoms with Crippen LogP contribution in [0.15, 0.2) is 48.7 Å². The molecule has 3 aromatic rings. The summed E-state index contributed by atoms with van der Waals surface area (Å²) in [5.41, 5.74) is 9.56. The number of benzene rings is 2. The first-order valence-corrected chi connectivity index (χ1v) is 8.72. The van der Waals surface area contributed by atoms with Gasteiger partial charge in [0.05, 0.1) is 16.9 Å². The number of hydrogen-bond donors (Lipinski definition) is 4. The molecule has 0 spiro atoms. The minimum atomic E-state index is -1.22. The van der Waals surface area contributed by atoms with Crippen LogP contribution in [0.2, 0.25) is 0 Å². The molecule has 0 fully saturated rings. The molecule has 0 saturated heterocycles. The van der Waals surface area contributed by atoms with Crippen molar-refractivity contribution < 1.29 is 19.8 Å². The Balaban J connectivity index is 2.29. The topological polar surface area (TPSA) is 118 Å². The summed E-state index contributed by atoms with van der Waals surface area (Å²) in [4.78, 5) is 22.0. The smallest absolute Gasteiger partial charge is 0.339 e. The Kier molecular flexibility index (Phi) is 5.35. The van der Waals surface area contributed by atoms with Gasteiger partial charge in [-0.2, -0.15) is 0 Å². The van der Waals surface area contributed by atoms with Crippen molar-refractivity contribution >= 4 is 28.9 Å². The van der Waals surface area contributed by atoms with Gasteiger partial charge in [-0.15, -0.1) is 0 Å². The number of carboxylic acid groups (broad SMARTS) is 1. The number of phenols is 1. The van der Waals surface area contributed by atoms with Crippen molar-refractivity contribution in [2.45, 2.75) is 6.42 Å². The van der Waals surface area contributed by atoms with Gasteiger partial charge in [-0.05, 0) is 11.6 Å². The van der Waals surface area contributed by atoms with Crippen LogP contribution in [0.5, 0.6) is 5.75 Å². The summed E-state index contributed by atoms with van der Waals surface area (Å²) in [7, 11) is 1.83. The first-order chi connectivity index (χ1) is 13.5. The summed E-state index contributed by atoms with van der Waals surface area (Å²) in [6, 6.07) is 12.4. The summed E-state index contributed by atoms with van der Waals surface area (Å²) >= 11 is 0. The van der Waals surface area contributed by atoms with Crippen molar-refractivity contribution in [3.05, 3.63) is 59.8 Å². The van der Waals surface area contributed by atoms with Crippen molar-refractivity contribution in [3.63, 3.8) is 0 Å². The Morgan fingerprint density at radius 2 is 1.96 bits per heavy atom. The molecule has 2 aromatic carbocycles. The largest absolute Gasteiger partial charge is 0.507 e.